The zero-order valence-corrected chi connectivity index (χ0v) is 19.5. The summed E-state index contributed by atoms with van der Waals surface area (Å²) < 4.78 is 27.7. The predicted octanol–water partition coefficient (Wildman–Crippen LogP) is 4.45. The van der Waals surface area contributed by atoms with Gasteiger partial charge >= 0.3 is 0 Å². The Morgan fingerprint density at radius 3 is 2.64 bits per heavy atom. The molecule has 1 aromatic heterocycles. The fourth-order valence-corrected chi connectivity index (χ4v) is 6.16. The molecular weight excluding hydrogens is 464 g/mol. The summed E-state index contributed by atoms with van der Waals surface area (Å²) in [6, 6.07) is 10.7. The van der Waals surface area contributed by atoms with Crippen LogP contribution in [0.3, 0.4) is 0 Å². The molecule has 2 aromatic carbocycles. The Labute approximate surface area is 195 Å². The summed E-state index contributed by atoms with van der Waals surface area (Å²) in [7, 11) is -3.68. The molecule has 0 saturated carbocycles. The van der Waals surface area contributed by atoms with Crippen molar-refractivity contribution >= 4 is 38.1 Å². The number of aryl methyl sites for hydroxylation is 1. The number of nitrogens with zero attached hydrogens (tertiary/aromatic N) is 3. The molecular formula is C22H22N4O5S2. The van der Waals surface area contributed by atoms with Crippen molar-refractivity contribution in [3.8, 4) is 11.3 Å². The van der Waals surface area contributed by atoms with Crippen LogP contribution < -0.4 is 5.32 Å². The van der Waals surface area contributed by atoms with Crippen LogP contribution in [0.25, 0.3) is 11.3 Å². The first kappa shape index (κ1) is 23.0. The van der Waals surface area contributed by atoms with Gasteiger partial charge in [-0.1, -0.05) is 24.6 Å². The summed E-state index contributed by atoms with van der Waals surface area (Å²) in [4.78, 5) is 27.8. The SMILES string of the molecule is Cc1ccc(C(=O)Nc2nc(-c3cccc([N+](=O)[O-])c3)cs2)cc1S(=O)(=O)N1CCCCC1. The highest BCUT2D eigenvalue weighted by Crippen LogP contribution is 2.28. The maximum absolute atomic E-state index is 13.1. The molecule has 1 amide bonds. The van der Waals surface area contributed by atoms with E-state index in [1.54, 1.807) is 36.6 Å². The van der Waals surface area contributed by atoms with E-state index in [9.17, 15) is 23.3 Å². The highest BCUT2D eigenvalue weighted by molar-refractivity contribution is 7.89. The molecule has 4 rings (SSSR count). The second-order valence-electron chi connectivity index (χ2n) is 7.74. The van der Waals surface area contributed by atoms with Crippen molar-refractivity contribution in [1.82, 2.24) is 9.29 Å². The van der Waals surface area contributed by atoms with Crippen LogP contribution in [-0.4, -0.2) is 41.6 Å². The van der Waals surface area contributed by atoms with Gasteiger partial charge in [0.05, 0.1) is 15.5 Å². The number of sulfonamides is 1. The van der Waals surface area contributed by atoms with Gasteiger partial charge in [0.1, 0.15) is 0 Å². The minimum atomic E-state index is -3.68. The zero-order valence-electron chi connectivity index (χ0n) is 17.9. The van der Waals surface area contributed by atoms with E-state index >= 15 is 0 Å². The van der Waals surface area contributed by atoms with Crippen LogP contribution in [0, 0.1) is 17.0 Å². The maximum Gasteiger partial charge on any atom is 0.270 e. The number of nitro groups is 1. The fourth-order valence-electron chi connectivity index (χ4n) is 3.68. The first-order valence-corrected chi connectivity index (χ1v) is 12.7. The molecule has 1 aliphatic heterocycles. The van der Waals surface area contributed by atoms with E-state index < -0.39 is 20.9 Å². The quantitative estimate of drug-likeness (QED) is 0.406. The van der Waals surface area contributed by atoms with Crippen molar-refractivity contribution < 1.29 is 18.1 Å². The Morgan fingerprint density at radius 1 is 1.15 bits per heavy atom. The number of amides is 1. The third kappa shape index (κ3) is 4.95. The molecule has 0 aliphatic carbocycles. The fraction of sp³-hybridized carbons (Fsp3) is 0.273. The Hall–Kier alpha value is -3.15. The minimum absolute atomic E-state index is 0.0480. The standard InChI is InChI=1S/C22H22N4O5S2/c1-15-8-9-17(13-20(15)33(30,31)25-10-3-2-4-11-25)21(27)24-22-23-19(14-32-22)16-6-5-7-18(12-16)26(28)29/h5-9,12-14H,2-4,10-11H2,1H3,(H,23,24,27). The van der Waals surface area contributed by atoms with Gasteiger partial charge in [-0.2, -0.15) is 4.31 Å². The molecule has 1 fully saturated rings. The molecule has 0 spiro atoms. The second-order valence-corrected chi connectivity index (χ2v) is 10.5. The molecule has 1 N–H and O–H groups in total. The molecule has 33 heavy (non-hydrogen) atoms. The van der Waals surface area contributed by atoms with Crippen molar-refractivity contribution in [2.45, 2.75) is 31.1 Å². The number of piperidine rings is 1. The van der Waals surface area contributed by atoms with Gasteiger partial charge in [0.15, 0.2) is 5.13 Å². The minimum Gasteiger partial charge on any atom is -0.298 e. The molecule has 0 radical (unpaired) electrons. The van der Waals surface area contributed by atoms with Crippen molar-refractivity contribution in [3.05, 3.63) is 69.1 Å². The third-order valence-electron chi connectivity index (χ3n) is 5.46. The summed E-state index contributed by atoms with van der Waals surface area (Å²) in [5.41, 5.74) is 1.80. The van der Waals surface area contributed by atoms with Crippen molar-refractivity contribution in [2.75, 3.05) is 18.4 Å². The lowest BCUT2D eigenvalue weighted by Gasteiger charge is -2.26. The summed E-state index contributed by atoms with van der Waals surface area (Å²) in [6.45, 7) is 2.68. The second kappa shape index (κ2) is 9.38. The third-order valence-corrected chi connectivity index (χ3v) is 8.26. The topological polar surface area (TPSA) is 123 Å². The number of nitro benzene ring substituents is 1. The van der Waals surface area contributed by atoms with Crippen LogP contribution in [-0.2, 0) is 10.0 Å². The average molecular weight is 487 g/mol. The van der Waals surface area contributed by atoms with Gasteiger partial charge in [-0.3, -0.25) is 20.2 Å². The number of rotatable bonds is 6. The number of carbonyl (C=O) groups is 1. The van der Waals surface area contributed by atoms with E-state index in [1.165, 1.54) is 33.8 Å². The number of non-ortho nitro benzene ring substituents is 1. The van der Waals surface area contributed by atoms with Gasteiger partial charge in [-0.25, -0.2) is 13.4 Å². The Bertz CT molecular complexity index is 1310. The van der Waals surface area contributed by atoms with E-state index in [-0.39, 0.29) is 16.1 Å². The molecule has 0 unspecified atom stereocenters. The first-order chi connectivity index (χ1) is 15.8. The number of anilines is 1. The van der Waals surface area contributed by atoms with E-state index in [2.05, 4.69) is 10.3 Å². The average Bonchev–Trinajstić information content (AvgIpc) is 3.28. The van der Waals surface area contributed by atoms with Crippen LogP contribution in [0.2, 0.25) is 0 Å². The van der Waals surface area contributed by atoms with Gasteiger partial charge in [0, 0.05) is 41.7 Å². The van der Waals surface area contributed by atoms with E-state index in [0.717, 1.165) is 19.3 Å². The largest absolute Gasteiger partial charge is 0.298 e. The summed E-state index contributed by atoms with van der Waals surface area (Å²) in [5, 5.41) is 15.7. The maximum atomic E-state index is 13.1. The van der Waals surface area contributed by atoms with Crippen molar-refractivity contribution in [2.24, 2.45) is 0 Å². The zero-order chi connectivity index (χ0) is 23.6. The molecule has 0 atom stereocenters. The van der Waals surface area contributed by atoms with Gasteiger partial charge in [0.2, 0.25) is 10.0 Å². The Balaban J connectivity index is 1.55. The van der Waals surface area contributed by atoms with Crippen molar-refractivity contribution in [1.29, 1.82) is 0 Å². The molecule has 1 saturated heterocycles. The lowest BCUT2D eigenvalue weighted by atomic mass is 10.1. The summed E-state index contributed by atoms with van der Waals surface area (Å²) in [6.07, 6.45) is 2.67. The monoisotopic (exact) mass is 486 g/mol. The molecule has 9 nitrogen and oxygen atoms in total. The first-order valence-electron chi connectivity index (χ1n) is 10.4. The highest BCUT2D eigenvalue weighted by Gasteiger charge is 2.28. The predicted molar refractivity (Wildman–Crippen MR) is 126 cm³/mol. The molecule has 1 aliphatic rings. The highest BCUT2D eigenvalue weighted by atomic mass is 32.2. The number of thiazole rings is 1. The number of nitrogens with one attached hydrogen (secondary N) is 1. The smallest absolute Gasteiger partial charge is 0.270 e. The van der Waals surface area contributed by atoms with Crippen LogP contribution in [0.15, 0.2) is 52.7 Å². The number of carbonyl (C=O) groups excluding carboxylic acids is 1. The van der Waals surface area contributed by atoms with Gasteiger partial charge < -0.3 is 0 Å². The number of hydrogen-bond donors (Lipinski definition) is 1. The number of benzene rings is 2. The van der Waals surface area contributed by atoms with Crippen LogP contribution in [0.1, 0.15) is 35.2 Å². The van der Waals surface area contributed by atoms with Gasteiger partial charge in [-0.05, 0) is 37.5 Å². The lowest BCUT2D eigenvalue weighted by Crippen LogP contribution is -2.36. The Morgan fingerprint density at radius 2 is 1.91 bits per heavy atom. The number of hydrogen-bond acceptors (Lipinski definition) is 7. The normalized spacial score (nSPS) is 14.7. The molecule has 0 bridgehead atoms. The number of aromatic nitrogens is 1. The Kier molecular flexibility index (Phi) is 6.54. The molecule has 172 valence electrons. The lowest BCUT2D eigenvalue weighted by molar-refractivity contribution is -0.384. The molecule has 11 heteroatoms. The van der Waals surface area contributed by atoms with Crippen molar-refractivity contribution in [3.63, 3.8) is 0 Å². The summed E-state index contributed by atoms with van der Waals surface area (Å²) >= 11 is 1.18. The van der Waals surface area contributed by atoms with Gasteiger partial charge in [-0.15, -0.1) is 11.3 Å². The molecule has 3 aromatic rings. The molecule has 2 heterocycles. The van der Waals surface area contributed by atoms with Gasteiger partial charge in [0.25, 0.3) is 11.6 Å². The van der Waals surface area contributed by atoms with Crippen LogP contribution in [0.5, 0.6) is 0 Å². The van der Waals surface area contributed by atoms with E-state index in [0.29, 0.717) is 35.0 Å². The van der Waals surface area contributed by atoms with E-state index in [1.807, 2.05) is 0 Å². The van der Waals surface area contributed by atoms with Crippen LogP contribution >= 0.6 is 11.3 Å². The summed E-state index contributed by atoms with van der Waals surface area (Å²) in [5.74, 6) is -0.481. The van der Waals surface area contributed by atoms with E-state index in [4.69, 9.17) is 0 Å². The van der Waals surface area contributed by atoms with Crippen LogP contribution in [0.4, 0.5) is 10.8 Å².